The normalized spacial score (nSPS) is 15.1. The van der Waals surface area contributed by atoms with Gasteiger partial charge in [-0.2, -0.15) is 4.31 Å². The molecule has 10 nitrogen and oxygen atoms in total. The number of carbonyl (C=O) groups is 1. The van der Waals surface area contributed by atoms with E-state index < -0.39 is 26.0 Å². The fourth-order valence-corrected chi connectivity index (χ4v) is 6.01. The Morgan fingerprint density at radius 3 is 2.34 bits per heavy atom. The van der Waals surface area contributed by atoms with Crippen molar-refractivity contribution < 1.29 is 26.4 Å². The average molecular weight is 539 g/mol. The monoisotopic (exact) mass is 538 g/mol. The Hall–Kier alpha value is -2.68. The molecule has 188 valence electrons. The van der Waals surface area contributed by atoms with Gasteiger partial charge in [-0.1, -0.05) is 24.3 Å². The molecule has 13 heteroatoms. The maximum atomic E-state index is 12.7. The molecule has 2 aromatic carbocycles. The van der Waals surface area contributed by atoms with E-state index in [0.717, 1.165) is 5.56 Å². The summed E-state index contributed by atoms with van der Waals surface area (Å²) in [6.45, 7) is 4.78. The van der Waals surface area contributed by atoms with E-state index >= 15 is 0 Å². The minimum atomic E-state index is -3.90. The van der Waals surface area contributed by atoms with E-state index in [1.165, 1.54) is 34.7 Å². The number of ether oxygens (including phenoxy) is 1. The molecule has 1 heterocycles. The van der Waals surface area contributed by atoms with Crippen molar-refractivity contribution in [3.8, 4) is 0 Å². The van der Waals surface area contributed by atoms with Crippen molar-refractivity contribution in [3.05, 3.63) is 65.2 Å². The summed E-state index contributed by atoms with van der Waals surface area (Å²) < 4.78 is 56.9. The molecule has 0 aliphatic carbocycles. The summed E-state index contributed by atoms with van der Waals surface area (Å²) in [5.41, 5.74) is 4.24. The van der Waals surface area contributed by atoms with E-state index in [1.54, 1.807) is 38.1 Å². The van der Waals surface area contributed by atoms with Crippen molar-refractivity contribution >= 4 is 49.4 Å². The summed E-state index contributed by atoms with van der Waals surface area (Å²) in [6, 6.07) is 11.1. The number of sulfonamides is 2. The molecule has 1 aliphatic rings. The number of amides is 1. The van der Waals surface area contributed by atoms with Crippen LogP contribution in [0.15, 0.2) is 58.3 Å². The molecule has 0 bridgehead atoms. The van der Waals surface area contributed by atoms with Crippen molar-refractivity contribution in [1.82, 2.24) is 19.9 Å². The van der Waals surface area contributed by atoms with Crippen LogP contribution in [-0.2, 0) is 29.6 Å². The van der Waals surface area contributed by atoms with Crippen molar-refractivity contribution in [2.45, 2.75) is 23.6 Å². The van der Waals surface area contributed by atoms with Gasteiger partial charge in [-0.05, 0) is 67.0 Å². The lowest BCUT2D eigenvalue weighted by molar-refractivity contribution is -0.115. The fourth-order valence-electron chi connectivity index (χ4n) is 3.21. The van der Waals surface area contributed by atoms with E-state index in [4.69, 9.17) is 17.0 Å². The van der Waals surface area contributed by atoms with Gasteiger partial charge in [0.15, 0.2) is 5.11 Å². The van der Waals surface area contributed by atoms with Gasteiger partial charge in [-0.3, -0.25) is 15.5 Å². The zero-order chi connectivity index (χ0) is 25.6. The third-order valence-corrected chi connectivity index (χ3v) is 8.59. The van der Waals surface area contributed by atoms with E-state index in [-0.39, 0.29) is 14.9 Å². The molecular weight excluding hydrogens is 512 g/mol. The highest BCUT2D eigenvalue weighted by molar-refractivity contribution is 7.89. The standard InChI is InChI=1S/C22H26N4O6S3/c1-16-3-4-17(2)20(15-16)34(28,29)25-24-22(33)23-21(27)10-7-18-5-8-19(9-6-18)35(30,31)26-11-13-32-14-12-26/h3-10,15,25H,11-14H2,1-2H3,(H2,23,24,27,33). The maximum Gasteiger partial charge on any atom is 0.257 e. The fraction of sp³-hybridized carbons (Fsp3) is 0.273. The Labute approximate surface area is 210 Å². The lowest BCUT2D eigenvalue weighted by Gasteiger charge is -2.26. The second kappa shape index (κ2) is 11.4. The molecule has 0 aromatic heterocycles. The van der Waals surface area contributed by atoms with Gasteiger partial charge in [0, 0.05) is 19.2 Å². The zero-order valence-electron chi connectivity index (χ0n) is 19.1. The molecule has 0 atom stereocenters. The summed E-state index contributed by atoms with van der Waals surface area (Å²) in [5, 5.41) is 2.10. The number of nitrogens with zero attached hydrogens (tertiary/aromatic N) is 1. The third kappa shape index (κ3) is 7.16. The molecule has 2 aromatic rings. The Bertz CT molecular complexity index is 1330. The summed E-state index contributed by atoms with van der Waals surface area (Å²) >= 11 is 4.97. The van der Waals surface area contributed by atoms with Crippen LogP contribution < -0.4 is 15.6 Å². The Balaban J connectivity index is 1.54. The van der Waals surface area contributed by atoms with Crippen LogP contribution in [0.25, 0.3) is 6.08 Å². The van der Waals surface area contributed by atoms with Crippen LogP contribution in [0.3, 0.4) is 0 Å². The minimum Gasteiger partial charge on any atom is -0.379 e. The molecule has 1 saturated heterocycles. The molecule has 0 saturated carbocycles. The molecular formula is C22H26N4O6S3. The first-order chi connectivity index (χ1) is 16.5. The highest BCUT2D eigenvalue weighted by atomic mass is 32.2. The molecule has 0 unspecified atom stereocenters. The first-order valence-electron chi connectivity index (χ1n) is 10.5. The topological polar surface area (TPSA) is 134 Å². The first-order valence-corrected chi connectivity index (χ1v) is 13.9. The number of benzene rings is 2. The highest BCUT2D eigenvalue weighted by Gasteiger charge is 2.26. The number of thiocarbonyl (C=S) groups is 1. The maximum absolute atomic E-state index is 12.7. The molecule has 1 aliphatic heterocycles. The van der Waals surface area contributed by atoms with E-state index in [0.29, 0.717) is 37.4 Å². The number of hydrogen-bond donors (Lipinski definition) is 3. The lowest BCUT2D eigenvalue weighted by atomic mass is 10.2. The van der Waals surface area contributed by atoms with Gasteiger partial charge >= 0.3 is 0 Å². The number of hydrazine groups is 1. The summed E-state index contributed by atoms with van der Waals surface area (Å²) in [4.78, 5) is 14.5. The van der Waals surface area contributed by atoms with Crippen molar-refractivity contribution in [2.75, 3.05) is 26.3 Å². The predicted octanol–water partition coefficient (Wildman–Crippen LogP) is 1.22. The number of nitrogens with one attached hydrogen (secondary N) is 3. The van der Waals surface area contributed by atoms with Crippen LogP contribution in [0.1, 0.15) is 16.7 Å². The predicted molar refractivity (Wildman–Crippen MR) is 135 cm³/mol. The Kier molecular flexibility index (Phi) is 8.74. The van der Waals surface area contributed by atoms with Gasteiger partial charge in [-0.15, -0.1) is 4.83 Å². The van der Waals surface area contributed by atoms with Crippen molar-refractivity contribution in [3.63, 3.8) is 0 Å². The Morgan fingerprint density at radius 1 is 1.03 bits per heavy atom. The molecule has 1 fully saturated rings. The van der Waals surface area contributed by atoms with Crippen LogP contribution in [0.5, 0.6) is 0 Å². The van der Waals surface area contributed by atoms with Gasteiger partial charge in [0.25, 0.3) is 10.0 Å². The van der Waals surface area contributed by atoms with Gasteiger partial charge < -0.3 is 4.74 Å². The lowest BCUT2D eigenvalue weighted by Crippen LogP contribution is -2.48. The van der Waals surface area contributed by atoms with Crippen LogP contribution in [0.4, 0.5) is 0 Å². The van der Waals surface area contributed by atoms with E-state index in [2.05, 4.69) is 15.6 Å². The highest BCUT2D eigenvalue weighted by Crippen LogP contribution is 2.18. The largest absolute Gasteiger partial charge is 0.379 e. The molecule has 35 heavy (non-hydrogen) atoms. The summed E-state index contributed by atoms with van der Waals surface area (Å²) in [7, 11) is -7.50. The van der Waals surface area contributed by atoms with Crippen molar-refractivity contribution in [1.29, 1.82) is 0 Å². The van der Waals surface area contributed by atoms with Gasteiger partial charge in [0.2, 0.25) is 15.9 Å². The van der Waals surface area contributed by atoms with Crippen LogP contribution >= 0.6 is 12.2 Å². The van der Waals surface area contributed by atoms with Crippen LogP contribution in [0.2, 0.25) is 0 Å². The molecule has 1 amide bonds. The summed E-state index contributed by atoms with van der Waals surface area (Å²) in [5.74, 6) is -0.599. The quantitative estimate of drug-likeness (QED) is 0.272. The molecule has 0 spiro atoms. The number of morpholine rings is 1. The number of hydrogen-bond acceptors (Lipinski definition) is 7. The van der Waals surface area contributed by atoms with E-state index in [1.807, 2.05) is 0 Å². The summed E-state index contributed by atoms with van der Waals surface area (Å²) in [6.07, 6.45) is 2.67. The Morgan fingerprint density at radius 2 is 1.69 bits per heavy atom. The third-order valence-electron chi connectivity index (χ3n) is 5.08. The van der Waals surface area contributed by atoms with Crippen LogP contribution in [-0.4, -0.2) is 58.5 Å². The average Bonchev–Trinajstić information content (AvgIpc) is 2.84. The second-order valence-electron chi connectivity index (χ2n) is 7.74. The van der Waals surface area contributed by atoms with Gasteiger partial charge in [-0.25, -0.2) is 16.8 Å². The van der Waals surface area contributed by atoms with Gasteiger partial charge in [0.05, 0.1) is 23.0 Å². The van der Waals surface area contributed by atoms with Crippen LogP contribution in [0, 0.1) is 13.8 Å². The zero-order valence-corrected chi connectivity index (χ0v) is 21.6. The number of carbonyl (C=O) groups excluding carboxylic acids is 1. The molecule has 3 rings (SSSR count). The first kappa shape index (κ1) is 26.9. The number of rotatable bonds is 7. The minimum absolute atomic E-state index is 0.0955. The SMILES string of the molecule is Cc1ccc(C)c(S(=O)(=O)NNC(=S)NC(=O)C=Cc2ccc(S(=O)(=O)N3CCOCC3)cc2)c1. The smallest absolute Gasteiger partial charge is 0.257 e. The second-order valence-corrected chi connectivity index (χ2v) is 11.7. The molecule has 0 radical (unpaired) electrons. The van der Waals surface area contributed by atoms with Crippen molar-refractivity contribution in [2.24, 2.45) is 0 Å². The van der Waals surface area contributed by atoms with E-state index in [9.17, 15) is 21.6 Å². The number of aryl methyl sites for hydroxylation is 2. The molecule has 3 N–H and O–H groups in total. The van der Waals surface area contributed by atoms with Gasteiger partial charge in [0.1, 0.15) is 0 Å².